The third kappa shape index (κ3) is 3.78. The molecule has 3 rings (SSSR count). The van der Waals surface area contributed by atoms with E-state index < -0.39 is 0 Å². The Kier molecular flexibility index (Phi) is 5.40. The van der Waals surface area contributed by atoms with Gasteiger partial charge in [-0.3, -0.25) is 0 Å². The van der Waals surface area contributed by atoms with Gasteiger partial charge in [-0.15, -0.1) is 11.8 Å². The summed E-state index contributed by atoms with van der Waals surface area (Å²) < 4.78 is 0. The highest BCUT2D eigenvalue weighted by Crippen LogP contribution is 2.35. The number of benzene rings is 1. The van der Waals surface area contributed by atoms with Crippen LogP contribution in [-0.4, -0.2) is 36.8 Å². The van der Waals surface area contributed by atoms with Gasteiger partial charge in [0.2, 0.25) is 0 Å². The van der Waals surface area contributed by atoms with Gasteiger partial charge in [-0.1, -0.05) is 31.0 Å². The van der Waals surface area contributed by atoms with Crippen molar-refractivity contribution in [1.82, 2.24) is 10.2 Å². The highest BCUT2D eigenvalue weighted by Gasteiger charge is 2.19. The van der Waals surface area contributed by atoms with Crippen molar-refractivity contribution in [2.75, 3.05) is 31.9 Å². The standard InChI is InChI=1S/C17H26N2S/c1-2-6-12-19(11-5-1)13-10-18-16-9-14-20-17-8-4-3-7-15(16)17/h3-4,7-8,16,18H,1-2,5-6,9-14H2/t16-/m0/s1. The van der Waals surface area contributed by atoms with Gasteiger partial charge in [0.05, 0.1) is 0 Å². The molecule has 1 fully saturated rings. The summed E-state index contributed by atoms with van der Waals surface area (Å²) in [6.07, 6.45) is 6.90. The van der Waals surface area contributed by atoms with Crippen LogP contribution in [0.15, 0.2) is 29.2 Å². The number of thioether (sulfide) groups is 1. The molecular formula is C17H26N2S. The van der Waals surface area contributed by atoms with Gasteiger partial charge in [0.15, 0.2) is 0 Å². The number of likely N-dealkylation sites (tertiary alicyclic amines) is 1. The minimum atomic E-state index is 0.569. The predicted molar refractivity (Wildman–Crippen MR) is 87.4 cm³/mol. The van der Waals surface area contributed by atoms with Gasteiger partial charge >= 0.3 is 0 Å². The molecule has 1 atom stereocenters. The average molecular weight is 290 g/mol. The molecule has 1 aromatic rings. The maximum atomic E-state index is 3.79. The largest absolute Gasteiger partial charge is 0.309 e. The van der Waals surface area contributed by atoms with Crippen LogP contribution in [0, 0.1) is 0 Å². The number of nitrogens with zero attached hydrogens (tertiary/aromatic N) is 1. The first-order valence-corrected chi connectivity index (χ1v) is 9.09. The zero-order chi connectivity index (χ0) is 13.6. The maximum Gasteiger partial charge on any atom is 0.0339 e. The first-order valence-electron chi connectivity index (χ1n) is 8.11. The molecule has 0 bridgehead atoms. The molecule has 2 aliphatic rings. The van der Waals surface area contributed by atoms with Crippen molar-refractivity contribution >= 4 is 11.8 Å². The molecule has 0 radical (unpaired) electrons. The summed E-state index contributed by atoms with van der Waals surface area (Å²) in [5, 5.41) is 3.79. The summed E-state index contributed by atoms with van der Waals surface area (Å²) in [6.45, 7) is 4.95. The highest BCUT2D eigenvalue weighted by atomic mass is 32.2. The maximum absolute atomic E-state index is 3.79. The molecule has 0 saturated carbocycles. The quantitative estimate of drug-likeness (QED) is 0.910. The molecular weight excluding hydrogens is 264 g/mol. The van der Waals surface area contributed by atoms with E-state index in [1.165, 1.54) is 68.0 Å². The number of nitrogens with one attached hydrogen (secondary N) is 1. The molecule has 2 nitrogen and oxygen atoms in total. The van der Waals surface area contributed by atoms with Crippen LogP contribution in [-0.2, 0) is 0 Å². The van der Waals surface area contributed by atoms with Crippen LogP contribution < -0.4 is 5.32 Å². The predicted octanol–water partition coefficient (Wildman–Crippen LogP) is 3.69. The molecule has 110 valence electrons. The summed E-state index contributed by atoms with van der Waals surface area (Å²) in [5.41, 5.74) is 1.51. The molecule has 2 heterocycles. The Labute approximate surface area is 127 Å². The molecule has 0 amide bonds. The third-order valence-electron chi connectivity index (χ3n) is 4.48. The Hall–Kier alpha value is -0.510. The van der Waals surface area contributed by atoms with Gasteiger partial charge in [-0.2, -0.15) is 0 Å². The van der Waals surface area contributed by atoms with Crippen LogP contribution in [0.1, 0.15) is 43.7 Å². The van der Waals surface area contributed by atoms with E-state index in [2.05, 4.69) is 34.5 Å². The van der Waals surface area contributed by atoms with Gasteiger partial charge in [0.1, 0.15) is 0 Å². The van der Waals surface area contributed by atoms with Gasteiger partial charge in [0, 0.05) is 24.0 Å². The number of rotatable bonds is 4. The first kappa shape index (κ1) is 14.4. The van der Waals surface area contributed by atoms with Crippen molar-refractivity contribution in [1.29, 1.82) is 0 Å². The Balaban J connectivity index is 1.49. The van der Waals surface area contributed by atoms with Crippen LogP contribution in [0.4, 0.5) is 0 Å². The zero-order valence-corrected chi connectivity index (χ0v) is 13.1. The van der Waals surface area contributed by atoms with Gasteiger partial charge in [-0.05, 0) is 49.7 Å². The molecule has 0 aliphatic carbocycles. The minimum absolute atomic E-state index is 0.569. The first-order chi connectivity index (χ1) is 9.93. The number of hydrogen-bond acceptors (Lipinski definition) is 3. The van der Waals surface area contributed by atoms with E-state index in [-0.39, 0.29) is 0 Å². The Morgan fingerprint density at radius 1 is 1.10 bits per heavy atom. The lowest BCUT2D eigenvalue weighted by molar-refractivity contribution is 0.278. The van der Waals surface area contributed by atoms with Crippen molar-refractivity contribution in [3.05, 3.63) is 29.8 Å². The van der Waals surface area contributed by atoms with Crippen molar-refractivity contribution in [3.63, 3.8) is 0 Å². The SMILES string of the molecule is c1ccc2c(c1)SCC[C@@H]2NCCN1CCCCCC1. The summed E-state index contributed by atoms with van der Waals surface area (Å²) in [5.74, 6) is 1.25. The number of hydrogen-bond donors (Lipinski definition) is 1. The molecule has 20 heavy (non-hydrogen) atoms. The summed E-state index contributed by atoms with van der Waals surface area (Å²) in [6, 6.07) is 9.47. The summed E-state index contributed by atoms with van der Waals surface area (Å²) >= 11 is 2.01. The van der Waals surface area contributed by atoms with Gasteiger partial charge < -0.3 is 10.2 Å². The van der Waals surface area contributed by atoms with Crippen LogP contribution in [0.2, 0.25) is 0 Å². The molecule has 3 heteroatoms. The van der Waals surface area contributed by atoms with E-state index in [0.717, 1.165) is 6.54 Å². The Morgan fingerprint density at radius 3 is 2.75 bits per heavy atom. The second kappa shape index (κ2) is 7.48. The molecule has 1 N–H and O–H groups in total. The fourth-order valence-corrected chi connectivity index (χ4v) is 4.44. The topological polar surface area (TPSA) is 15.3 Å². The molecule has 2 aliphatic heterocycles. The Bertz CT molecular complexity index is 413. The second-order valence-corrected chi connectivity index (χ2v) is 7.07. The van der Waals surface area contributed by atoms with Crippen LogP contribution >= 0.6 is 11.8 Å². The van der Waals surface area contributed by atoms with Crippen LogP contribution in [0.3, 0.4) is 0 Å². The minimum Gasteiger partial charge on any atom is -0.309 e. The van der Waals surface area contributed by atoms with Crippen molar-refractivity contribution in [3.8, 4) is 0 Å². The Morgan fingerprint density at radius 2 is 1.90 bits per heavy atom. The van der Waals surface area contributed by atoms with E-state index in [1.807, 2.05) is 11.8 Å². The normalized spacial score (nSPS) is 24.1. The van der Waals surface area contributed by atoms with E-state index >= 15 is 0 Å². The molecule has 1 aromatic carbocycles. The number of fused-ring (bicyclic) bond motifs is 1. The fourth-order valence-electron chi connectivity index (χ4n) is 3.31. The van der Waals surface area contributed by atoms with Gasteiger partial charge in [-0.25, -0.2) is 0 Å². The van der Waals surface area contributed by atoms with Crippen LogP contribution in [0.25, 0.3) is 0 Å². The lowest BCUT2D eigenvalue weighted by Crippen LogP contribution is -2.35. The smallest absolute Gasteiger partial charge is 0.0339 e. The van der Waals surface area contributed by atoms with Crippen molar-refractivity contribution in [2.24, 2.45) is 0 Å². The molecule has 0 aromatic heterocycles. The fraction of sp³-hybridized carbons (Fsp3) is 0.647. The van der Waals surface area contributed by atoms with Crippen molar-refractivity contribution < 1.29 is 0 Å². The van der Waals surface area contributed by atoms with E-state index in [9.17, 15) is 0 Å². The van der Waals surface area contributed by atoms with Crippen molar-refractivity contribution in [2.45, 2.75) is 43.0 Å². The second-order valence-electron chi connectivity index (χ2n) is 5.94. The van der Waals surface area contributed by atoms with Gasteiger partial charge in [0.25, 0.3) is 0 Å². The average Bonchev–Trinajstić information content (AvgIpc) is 2.76. The molecule has 0 spiro atoms. The monoisotopic (exact) mass is 290 g/mol. The highest BCUT2D eigenvalue weighted by molar-refractivity contribution is 7.99. The lowest BCUT2D eigenvalue weighted by atomic mass is 10.0. The summed E-state index contributed by atoms with van der Waals surface area (Å²) in [4.78, 5) is 4.12. The third-order valence-corrected chi connectivity index (χ3v) is 5.60. The molecule has 0 unspecified atom stereocenters. The van der Waals surface area contributed by atoms with E-state index in [1.54, 1.807) is 0 Å². The molecule has 1 saturated heterocycles. The van der Waals surface area contributed by atoms with Crippen LogP contribution in [0.5, 0.6) is 0 Å². The zero-order valence-electron chi connectivity index (χ0n) is 12.3. The van der Waals surface area contributed by atoms with E-state index in [4.69, 9.17) is 0 Å². The van der Waals surface area contributed by atoms with E-state index in [0.29, 0.717) is 6.04 Å². The lowest BCUT2D eigenvalue weighted by Gasteiger charge is -2.27. The summed E-state index contributed by atoms with van der Waals surface area (Å²) in [7, 11) is 0.